The molecule has 0 aromatic heterocycles. The molecule has 0 spiro atoms. The molecule has 0 radical (unpaired) electrons. The summed E-state index contributed by atoms with van der Waals surface area (Å²) in [5.74, 6) is -0.156. The third-order valence-corrected chi connectivity index (χ3v) is 4.98. The zero-order valence-corrected chi connectivity index (χ0v) is 14.1. The highest BCUT2D eigenvalue weighted by Gasteiger charge is 2.32. The first-order chi connectivity index (χ1) is 11.0. The maximum atomic E-state index is 12.2. The Morgan fingerprint density at radius 3 is 2.74 bits per heavy atom. The normalized spacial score (nSPS) is 17.5. The summed E-state index contributed by atoms with van der Waals surface area (Å²) < 4.78 is 0. The zero-order valence-electron chi connectivity index (χ0n) is 13.3. The Morgan fingerprint density at radius 1 is 1.48 bits per heavy atom. The summed E-state index contributed by atoms with van der Waals surface area (Å²) in [4.78, 5) is 14.3. The molecular weight excluding hydrogens is 314 g/mol. The molecule has 5 nitrogen and oxygen atoms in total. The van der Waals surface area contributed by atoms with E-state index in [4.69, 9.17) is 16.9 Å². The van der Waals surface area contributed by atoms with Gasteiger partial charge in [0.15, 0.2) is 0 Å². The number of anilines is 1. The summed E-state index contributed by atoms with van der Waals surface area (Å²) in [6, 6.07) is 6.85. The molecule has 124 valence electrons. The largest absolute Gasteiger partial charge is 0.396 e. The van der Waals surface area contributed by atoms with Crippen LogP contribution in [0.1, 0.15) is 31.7 Å². The van der Waals surface area contributed by atoms with Gasteiger partial charge in [0.1, 0.15) is 6.07 Å². The topological polar surface area (TPSA) is 76.4 Å². The number of aliphatic hydroxyl groups excluding tert-OH is 1. The van der Waals surface area contributed by atoms with E-state index in [-0.39, 0.29) is 24.5 Å². The first-order valence-electron chi connectivity index (χ1n) is 7.84. The molecule has 0 saturated carbocycles. The lowest BCUT2D eigenvalue weighted by Crippen LogP contribution is -2.44. The average Bonchev–Trinajstić information content (AvgIpc) is 2.56. The monoisotopic (exact) mass is 335 g/mol. The second-order valence-electron chi connectivity index (χ2n) is 6.14. The number of nitrogens with one attached hydrogen (secondary N) is 1. The van der Waals surface area contributed by atoms with Crippen LogP contribution in [0.15, 0.2) is 18.2 Å². The van der Waals surface area contributed by atoms with Crippen molar-refractivity contribution in [3.05, 3.63) is 28.8 Å². The van der Waals surface area contributed by atoms with Crippen molar-refractivity contribution < 1.29 is 9.90 Å². The molecule has 0 bridgehead atoms. The molecule has 0 atom stereocenters. The van der Waals surface area contributed by atoms with Crippen LogP contribution in [0.4, 0.5) is 5.69 Å². The van der Waals surface area contributed by atoms with Crippen LogP contribution in [0.25, 0.3) is 0 Å². The molecule has 1 aliphatic rings. The van der Waals surface area contributed by atoms with Crippen LogP contribution in [0, 0.1) is 16.7 Å². The number of nitriles is 1. The van der Waals surface area contributed by atoms with Gasteiger partial charge in [-0.1, -0.05) is 18.5 Å². The van der Waals surface area contributed by atoms with Crippen molar-refractivity contribution in [2.24, 2.45) is 5.41 Å². The van der Waals surface area contributed by atoms with Gasteiger partial charge in [-0.25, -0.2) is 0 Å². The smallest absolute Gasteiger partial charge is 0.238 e. The van der Waals surface area contributed by atoms with Crippen LogP contribution in [-0.2, 0) is 4.79 Å². The maximum absolute atomic E-state index is 12.2. The van der Waals surface area contributed by atoms with Crippen molar-refractivity contribution in [3.63, 3.8) is 0 Å². The first-order valence-corrected chi connectivity index (χ1v) is 8.22. The first kappa shape index (κ1) is 17.7. The van der Waals surface area contributed by atoms with Gasteiger partial charge in [-0.15, -0.1) is 0 Å². The minimum Gasteiger partial charge on any atom is -0.396 e. The minimum atomic E-state index is -0.156. The molecule has 1 fully saturated rings. The summed E-state index contributed by atoms with van der Waals surface area (Å²) in [5, 5.41) is 21.9. The van der Waals surface area contributed by atoms with Crippen LogP contribution in [0.2, 0.25) is 5.02 Å². The Labute approximate surface area is 141 Å². The van der Waals surface area contributed by atoms with E-state index in [9.17, 15) is 9.90 Å². The van der Waals surface area contributed by atoms with Gasteiger partial charge in [0, 0.05) is 11.6 Å². The summed E-state index contributed by atoms with van der Waals surface area (Å²) in [6.45, 7) is 4.17. The average molecular weight is 336 g/mol. The van der Waals surface area contributed by atoms with E-state index >= 15 is 0 Å². The van der Waals surface area contributed by atoms with Gasteiger partial charge in [-0.05, 0) is 56.0 Å². The van der Waals surface area contributed by atoms with E-state index in [2.05, 4.69) is 17.1 Å². The highest BCUT2D eigenvalue weighted by atomic mass is 35.5. The molecule has 1 aromatic rings. The lowest BCUT2D eigenvalue weighted by atomic mass is 9.77. The van der Waals surface area contributed by atoms with Gasteiger partial charge >= 0.3 is 0 Å². The van der Waals surface area contributed by atoms with E-state index in [1.54, 1.807) is 18.2 Å². The SMILES string of the molecule is CCC1(CO)CCN(CC(=O)Nc2cc(Cl)ccc2C#N)CC1. The molecule has 2 N–H and O–H groups in total. The molecule has 6 heteroatoms. The summed E-state index contributed by atoms with van der Waals surface area (Å²) in [5.41, 5.74) is 0.848. The molecule has 0 unspecified atom stereocenters. The Kier molecular flexibility index (Phi) is 6.00. The van der Waals surface area contributed by atoms with Crippen LogP contribution >= 0.6 is 11.6 Å². The van der Waals surface area contributed by atoms with Gasteiger partial charge in [0.25, 0.3) is 0 Å². The van der Waals surface area contributed by atoms with Crippen LogP contribution in [-0.4, -0.2) is 42.2 Å². The minimum absolute atomic E-state index is 0.00785. The lowest BCUT2D eigenvalue weighted by Gasteiger charge is -2.39. The number of aliphatic hydroxyl groups is 1. The fourth-order valence-corrected chi connectivity index (χ4v) is 3.09. The molecule has 1 amide bonds. The standard InChI is InChI=1S/C17H22ClN3O2/c1-2-17(12-22)5-7-21(8-6-17)11-16(23)20-15-9-14(18)4-3-13(15)10-19/h3-4,9,22H,2,5-8,11-12H2,1H3,(H,20,23). The van der Waals surface area contributed by atoms with Crippen LogP contribution in [0.3, 0.4) is 0 Å². The summed E-state index contributed by atoms with van der Waals surface area (Å²) >= 11 is 5.92. The quantitative estimate of drug-likeness (QED) is 0.867. The van der Waals surface area contributed by atoms with Crippen molar-refractivity contribution in [2.45, 2.75) is 26.2 Å². The number of hydrogen-bond donors (Lipinski definition) is 2. The Hall–Kier alpha value is -1.61. The summed E-state index contributed by atoms with van der Waals surface area (Å²) in [6.07, 6.45) is 2.75. The Morgan fingerprint density at radius 2 is 2.17 bits per heavy atom. The highest BCUT2D eigenvalue weighted by Crippen LogP contribution is 2.34. The molecule has 0 aliphatic carbocycles. The van der Waals surface area contributed by atoms with Crippen molar-refractivity contribution in [2.75, 3.05) is 31.6 Å². The number of nitrogens with zero attached hydrogens (tertiary/aromatic N) is 2. The fraction of sp³-hybridized carbons (Fsp3) is 0.529. The number of benzene rings is 1. The van der Waals surface area contributed by atoms with E-state index in [1.807, 2.05) is 6.07 Å². The molecule has 23 heavy (non-hydrogen) atoms. The number of halogens is 1. The van der Waals surface area contributed by atoms with Crippen molar-refractivity contribution in [1.82, 2.24) is 4.90 Å². The Balaban J connectivity index is 1.92. The predicted octanol–water partition coefficient (Wildman–Crippen LogP) is 2.63. The number of carbonyl (C=O) groups is 1. The van der Waals surface area contributed by atoms with Crippen molar-refractivity contribution >= 4 is 23.2 Å². The number of likely N-dealkylation sites (tertiary alicyclic amines) is 1. The summed E-state index contributed by atoms with van der Waals surface area (Å²) in [7, 11) is 0. The lowest BCUT2D eigenvalue weighted by molar-refractivity contribution is -0.118. The number of hydrogen-bond acceptors (Lipinski definition) is 4. The fourth-order valence-electron chi connectivity index (χ4n) is 2.92. The van der Waals surface area contributed by atoms with Gasteiger partial charge in [0.05, 0.1) is 17.8 Å². The van der Waals surface area contributed by atoms with E-state index < -0.39 is 0 Å². The molecule has 1 aromatic carbocycles. The number of amides is 1. The van der Waals surface area contributed by atoms with Gasteiger partial charge < -0.3 is 10.4 Å². The second-order valence-corrected chi connectivity index (χ2v) is 6.57. The van der Waals surface area contributed by atoms with Crippen LogP contribution < -0.4 is 5.32 Å². The highest BCUT2D eigenvalue weighted by molar-refractivity contribution is 6.31. The van der Waals surface area contributed by atoms with E-state index in [0.29, 0.717) is 16.3 Å². The molecule has 1 saturated heterocycles. The predicted molar refractivity (Wildman–Crippen MR) is 90.3 cm³/mol. The van der Waals surface area contributed by atoms with Crippen molar-refractivity contribution in [1.29, 1.82) is 5.26 Å². The van der Waals surface area contributed by atoms with Gasteiger partial charge in [-0.2, -0.15) is 5.26 Å². The third kappa shape index (κ3) is 4.44. The molecule has 1 heterocycles. The van der Waals surface area contributed by atoms with Crippen molar-refractivity contribution in [3.8, 4) is 6.07 Å². The van der Waals surface area contributed by atoms with E-state index in [1.165, 1.54) is 0 Å². The Bertz CT molecular complexity index is 598. The van der Waals surface area contributed by atoms with Gasteiger partial charge in [-0.3, -0.25) is 9.69 Å². The van der Waals surface area contributed by atoms with Crippen LogP contribution in [0.5, 0.6) is 0 Å². The van der Waals surface area contributed by atoms with E-state index in [0.717, 1.165) is 32.4 Å². The third-order valence-electron chi connectivity index (χ3n) is 4.75. The second kappa shape index (κ2) is 7.78. The zero-order chi connectivity index (χ0) is 16.9. The molecule has 2 rings (SSSR count). The maximum Gasteiger partial charge on any atom is 0.238 e. The molecule has 1 aliphatic heterocycles. The number of piperidine rings is 1. The number of carbonyl (C=O) groups excluding carboxylic acids is 1. The molecular formula is C17H22ClN3O2. The number of rotatable bonds is 5. The van der Waals surface area contributed by atoms with Gasteiger partial charge in [0.2, 0.25) is 5.91 Å².